The van der Waals surface area contributed by atoms with Gasteiger partial charge in [-0.1, -0.05) is 25.1 Å². The maximum atomic E-state index is 13.2. The molecule has 1 aromatic carbocycles. The molecule has 2 aromatic rings. The second kappa shape index (κ2) is 9.66. The Bertz CT molecular complexity index is 1150. The first kappa shape index (κ1) is 24.9. The standard InChI is InChI=1S/C24H29N3O7/c1-14-12-16(27(13-14)23(31)34-24(2,3)4)19-25-17(22(30)32-6)18(20(28)26(19)5)33-21(29)15-10-8-7-9-11-15/h7-11,14,16H,12-13H2,1-6H3/t14-,16+/m1/s1. The van der Waals surface area contributed by atoms with Crippen molar-refractivity contribution in [2.75, 3.05) is 13.7 Å². The lowest BCUT2D eigenvalue weighted by molar-refractivity contribution is 0.0211. The molecule has 0 spiro atoms. The lowest BCUT2D eigenvalue weighted by Gasteiger charge is -2.29. The monoisotopic (exact) mass is 471 g/mol. The van der Waals surface area contributed by atoms with Crippen molar-refractivity contribution in [1.82, 2.24) is 14.5 Å². The van der Waals surface area contributed by atoms with Crippen molar-refractivity contribution in [3.05, 3.63) is 57.8 Å². The lowest BCUT2D eigenvalue weighted by Crippen LogP contribution is -2.39. The predicted octanol–water partition coefficient (Wildman–Crippen LogP) is 3.10. The van der Waals surface area contributed by atoms with Crippen molar-refractivity contribution in [3.63, 3.8) is 0 Å². The molecule has 10 heteroatoms. The quantitative estimate of drug-likeness (QED) is 0.625. The highest BCUT2D eigenvalue weighted by atomic mass is 16.6. The van der Waals surface area contributed by atoms with Crippen LogP contribution in [0.1, 0.15) is 66.8 Å². The van der Waals surface area contributed by atoms with Crippen LogP contribution in [0.15, 0.2) is 35.1 Å². The van der Waals surface area contributed by atoms with Crippen LogP contribution in [-0.4, -0.2) is 51.7 Å². The Morgan fingerprint density at radius 3 is 2.32 bits per heavy atom. The summed E-state index contributed by atoms with van der Waals surface area (Å²) < 4.78 is 16.8. The number of carbonyl (C=O) groups excluding carboxylic acids is 3. The van der Waals surface area contributed by atoms with Crippen LogP contribution < -0.4 is 10.3 Å². The molecule has 1 saturated heterocycles. The van der Waals surface area contributed by atoms with E-state index < -0.39 is 46.7 Å². The number of rotatable bonds is 4. The number of benzene rings is 1. The van der Waals surface area contributed by atoms with Gasteiger partial charge in [0.05, 0.1) is 18.7 Å². The van der Waals surface area contributed by atoms with E-state index in [1.165, 1.54) is 28.6 Å². The van der Waals surface area contributed by atoms with Crippen LogP contribution in [0.2, 0.25) is 0 Å². The first-order valence-electron chi connectivity index (χ1n) is 10.9. The largest absolute Gasteiger partial charge is 0.464 e. The maximum absolute atomic E-state index is 13.2. The molecule has 1 aliphatic heterocycles. The summed E-state index contributed by atoms with van der Waals surface area (Å²) in [6.45, 7) is 7.65. The second-order valence-electron chi connectivity index (χ2n) is 9.25. The minimum absolute atomic E-state index is 0.103. The van der Waals surface area contributed by atoms with Gasteiger partial charge in [-0.25, -0.2) is 19.4 Å². The fourth-order valence-electron chi connectivity index (χ4n) is 3.76. The Kier molecular flexibility index (Phi) is 7.09. The molecule has 0 aliphatic carbocycles. The van der Waals surface area contributed by atoms with Gasteiger partial charge in [0.15, 0.2) is 5.69 Å². The zero-order valence-corrected chi connectivity index (χ0v) is 20.2. The number of hydrogen-bond donors (Lipinski definition) is 0. The molecule has 0 saturated carbocycles. The fraction of sp³-hybridized carbons (Fsp3) is 0.458. The van der Waals surface area contributed by atoms with E-state index in [1.54, 1.807) is 39.0 Å². The van der Waals surface area contributed by atoms with Crippen LogP contribution >= 0.6 is 0 Å². The Labute approximate surface area is 197 Å². The molecule has 3 rings (SSSR count). The topological polar surface area (TPSA) is 117 Å². The average molecular weight is 472 g/mol. The first-order chi connectivity index (χ1) is 15.9. The summed E-state index contributed by atoms with van der Waals surface area (Å²) in [6, 6.07) is 7.43. The molecule has 1 aromatic heterocycles. The Morgan fingerprint density at radius 1 is 1.09 bits per heavy atom. The highest BCUT2D eigenvalue weighted by molar-refractivity contribution is 5.94. The summed E-state index contributed by atoms with van der Waals surface area (Å²) in [5, 5.41) is 0. The molecule has 2 heterocycles. The summed E-state index contributed by atoms with van der Waals surface area (Å²) >= 11 is 0. The highest BCUT2D eigenvalue weighted by Gasteiger charge is 2.40. The molecule has 1 aliphatic rings. The second-order valence-corrected chi connectivity index (χ2v) is 9.25. The number of nitrogens with zero attached hydrogens (tertiary/aromatic N) is 3. The molecular formula is C24H29N3O7. The number of ether oxygens (including phenoxy) is 3. The van der Waals surface area contributed by atoms with Crippen LogP contribution in [0.5, 0.6) is 5.75 Å². The summed E-state index contributed by atoms with van der Waals surface area (Å²) in [5.74, 6) is -2.03. The molecule has 182 valence electrons. The first-order valence-corrected chi connectivity index (χ1v) is 10.9. The van der Waals surface area contributed by atoms with Crippen LogP contribution in [0.4, 0.5) is 4.79 Å². The lowest BCUT2D eigenvalue weighted by atomic mass is 10.1. The van der Waals surface area contributed by atoms with Gasteiger partial charge in [-0.2, -0.15) is 0 Å². The molecule has 10 nitrogen and oxygen atoms in total. The zero-order chi connectivity index (χ0) is 25.2. The third-order valence-electron chi connectivity index (χ3n) is 5.30. The number of methoxy groups -OCH3 is 1. The fourth-order valence-corrected chi connectivity index (χ4v) is 3.76. The Morgan fingerprint density at radius 2 is 1.74 bits per heavy atom. The third-order valence-corrected chi connectivity index (χ3v) is 5.30. The van der Waals surface area contributed by atoms with Crippen molar-refractivity contribution in [2.24, 2.45) is 13.0 Å². The normalized spacial score (nSPS) is 17.9. The minimum atomic E-state index is -0.940. The van der Waals surface area contributed by atoms with E-state index in [0.29, 0.717) is 13.0 Å². The SMILES string of the molecule is COC(=O)c1nc([C@@H]2C[C@@H](C)CN2C(=O)OC(C)(C)C)n(C)c(=O)c1OC(=O)c1ccccc1. The number of aromatic nitrogens is 2. The van der Waals surface area contributed by atoms with Crippen LogP contribution in [0, 0.1) is 5.92 Å². The molecular weight excluding hydrogens is 442 g/mol. The molecule has 0 unspecified atom stereocenters. The third kappa shape index (κ3) is 5.27. The molecule has 1 amide bonds. The highest BCUT2D eigenvalue weighted by Crippen LogP contribution is 2.35. The summed E-state index contributed by atoms with van der Waals surface area (Å²) in [5.41, 5.74) is -1.70. The van der Waals surface area contributed by atoms with Gasteiger partial charge in [-0.15, -0.1) is 0 Å². The minimum Gasteiger partial charge on any atom is -0.464 e. The maximum Gasteiger partial charge on any atom is 0.410 e. The van der Waals surface area contributed by atoms with Gasteiger partial charge >= 0.3 is 18.0 Å². The van der Waals surface area contributed by atoms with Crippen LogP contribution in [0.3, 0.4) is 0 Å². The van der Waals surface area contributed by atoms with Gasteiger partial charge in [-0.3, -0.25) is 14.3 Å². The Hall–Kier alpha value is -3.69. The number of carbonyl (C=O) groups is 3. The van der Waals surface area contributed by atoms with Gasteiger partial charge in [0.1, 0.15) is 11.4 Å². The van der Waals surface area contributed by atoms with E-state index >= 15 is 0 Å². The molecule has 2 atom stereocenters. The summed E-state index contributed by atoms with van der Waals surface area (Å²) in [7, 11) is 2.58. The summed E-state index contributed by atoms with van der Waals surface area (Å²) in [4.78, 5) is 57.1. The van der Waals surface area contributed by atoms with Crippen molar-refractivity contribution in [2.45, 2.75) is 45.8 Å². The van der Waals surface area contributed by atoms with Crippen LogP contribution in [-0.2, 0) is 16.5 Å². The number of likely N-dealkylation sites (tertiary alicyclic amines) is 1. The van der Waals surface area contributed by atoms with Gasteiger partial charge in [0, 0.05) is 13.6 Å². The van der Waals surface area contributed by atoms with E-state index in [-0.39, 0.29) is 17.3 Å². The molecule has 34 heavy (non-hydrogen) atoms. The van der Waals surface area contributed by atoms with Crippen molar-refractivity contribution >= 4 is 18.0 Å². The van der Waals surface area contributed by atoms with E-state index in [2.05, 4.69) is 4.98 Å². The Balaban J connectivity index is 2.06. The van der Waals surface area contributed by atoms with Gasteiger partial charge in [-0.05, 0) is 45.2 Å². The smallest absolute Gasteiger partial charge is 0.410 e. The van der Waals surface area contributed by atoms with E-state index in [9.17, 15) is 19.2 Å². The molecule has 1 fully saturated rings. The van der Waals surface area contributed by atoms with Gasteiger partial charge in [0.2, 0.25) is 5.75 Å². The van der Waals surface area contributed by atoms with E-state index in [0.717, 1.165) is 7.11 Å². The molecule has 0 bridgehead atoms. The van der Waals surface area contributed by atoms with Gasteiger partial charge in [0.25, 0.3) is 5.56 Å². The number of amides is 1. The zero-order valence-electron chi connectivity index (χ0n) is 20.2. The van der Waals surface area contributed by atoms with Crippen LogP contribution in [0.25, 0.3) is 0 Å². The average Bonchev–Trinajstić information content (AvgIpc) is 3.17. The van der Waals surface area contributed by atoms with Crippen molar-refractivity contribution < 1.29 is 28.6 Å². The number of esters is 2. The van der Waals surface area contributed by atoms with Crippen molar-refractivity contribution in [1.29, 1.82) is 0 Å². The van der Waals surface area contributed by atoms with Crippen molar-refractivity contribution in [3.8, 4) is 5.75 Å². The van der Waals surface area contributed by atoms with Gasteiger partial charge < -0.3 is 14.2 Å². The molecule has 0 radical (unpaired) electrons. The molecule has 0 N–H and O–H groups in total. The predicted molar refractivity (Wildman–Crippen MR) is 122 cm³/mol. The summed E-state index contributed by atoms with van der Waals surface area (Å²) in [6.07, 6.45) is -0.0428. The van der Waals surface area contributed by atoms with E-state index in [1.807, 2.05) is 6.92 Å². The number of hydrogen-bond acceptors (Lipinski definition) is 8. The van der Waals surface area contributed by atoms with E-state index in [4.69, 9.17) is 14.2 Å².